The summed E-state index contributed by atoms with van der Waals surface area (Å²) in [6, 6.07) is 0.243. The molecule has 1 atom stereocenters. The smallest absolute Gasteiger partial charge is 0.0946 e. The molecule has 1 aromatic rings. The Balaban J connectivity index is 2.15. The van der Waals surface area contributed by atoms with Crippen LogP contribution in [0, 0.1) is 0 Å². The molecule has 0 saturated carbocycles. The van der Waals surface area contributed by atoms with Gasteiger partial charge in [-0.1, -0.05) is 0 Å². The molecule has 0 aliphatic heterocycles. The number of fused-ring (bicyclic) bond motifs is 1. The van der Waals surface area contributed by atoms with Gasteiger partial charge in [0.1, 0.15) is 0 Å². The number of hydrogen-bond donors (Lipinski definition) is 1. The fourth-order valence-electron chi connectivity index (χ4n) is 1.77. The molecule has 1 unspecified atom stereocenters. The van der Waals surface area contributed by atoms with Crippen LogP contribution in [0.15, 0.2) is 0 Å². The van der Waals surface area contributed by atoms with Crippen molar-refractivity contribution >= 4 is 11.3 Å². The highest BCUT2D eigenvalue weighted by molar-refractivity contribution is 7.11. The minimum absolute atomic E-state index is 0.243. The minimum atomic E-state index is 0.243. The first kappa shape index (κ1) is 9.16. The summed E-state index contributed by atoms with van der Waals surface area (Å²) in [6.45, 7) is 2.04. The van der Waals surface area contributed by atoms with Gasteiger partial charge in [0.15, 0.2) is 0 Å². The van der Waals surface area contributed by atoms with E-state index in [-0.39, 0.29) is 6.04 Å². The Hall–Kier alpha value is -0.410. The Morgan fingerprint density at radius 2 is 2.23 bits per heavy atom. The monoisotopic (exact) mass is 196 g/mol. The van der Waals surface area contributed by atoms with Gasteiger partial charge in [0, 0.05) is 17.3 Å². The van der Waals surface area contributed by atoms with Crippen molar-refractivity contribution in [2.24, 2.45) is 5.73 Å². The van der Waals surface area contributed by atoms with Crippen LogP contribution in [-0.4, -0.2) is 11.0 Å². The van der Waals surface area contributed by atoms with Crippen molar-refractivity contribution in [1.82, 2.24) is 4.98 Å². The fourth-order valence-corrected chi connectivity index (χ4v) is 3.07. The maximum Gasteiger partial charge on any atom is 0.0946 e. The van der Waals surface area contributed by atoms with E-state index >= 15 is 0 Å². The second kappa shape index (κ2) is 3.76. The van der Waals surface area contributed by atoms with Crippen LogP contribution < -0.4 is 5.73 Å². The van der Waals surface area contributed by atoms with Gasteiger partial charge in [0.05, 0.1) is 10.7 Å². The second-order valence-corrected chi connectivity index (χ2v) is 5.03. The van der Waals surface area contributed by atoms with Gasteiger partial charge in [-0.15, -0.1) is 11.3 Å². The van der Waals surface area contributed by atoms with Crippen LogP contribution >= 0.6 is 11.3 Å². The first-order chi connectivity index (χ1) is 6.25. The predicted octanol–water partition coefficient (Wildman–Crippen LogP) is 1.91. The lowest BCUT2D eigenvalue weighted by Gasteiger charge is -2.06. The van der Waals surface area contributed by atoms with E-state index in [4.69, 9.17) is 5.73 Å². The fraction of sp³-hybridized carbons (Fsp3) is 0.700. The maximum atomic E-state index is 5.75. The molecular formula is C10H16N2S. The van der Waals surface area contributed by atoms with Gasteiger partial charge in [-0.25, -0.2) is 4.98 Å². The Kier molecular flexibility index (Phi) is 2.65. The molecule has 1 heterocycles. The average molecular weight is 196 g/mol. The highest BCUT2D eigenvalue weighted by Gasteiger charge is 2.15. The van der Waals surface area contributed by atoms with Gasteiger partial charge in [-0.2, -0.15) is 0 Å². The molecule has 1 aliphatic rings. The highest BCUT2D eigenvalue weighted by Crippen LogP contribution is 2.26. The zero-order valence-electron chi connectivity index (χ0n) is 8.05. The zero-order valence-corrected chi connectivity index (χ0v) is 8.86. The first-order valence-corrected chi connectivity index (χ1v) is 5.80. The maximum absolute atomic E-state index is 5.75. The molecule has 0 saturated heterocycles. The van der Waals surface area contributed by atoms with Crippen LogP contribution in [0.25, 0.3) is 0 Å². The van der Waals surface area contributed by atoms with E-state index in [2.05, 4.69) is 4.98 Å². The van der Waals surface area contributed by atoms with E-state index < -0.39 is 0 Å². The van der Waals surface area contributed by atoms with E-state index in [1.165, 1.54) is 41.3 Å². The van der Waals surface area contributed by atoms with Crippen molar-refractivity contribution in [3.05, 3.63) is 15.6 Å². The van der Waals surface area contributed by atoms with Crippen molar-refractivity contribution in [2.45, 2.75) is 45.1 Å². The summed E-state index contributed by atoms with van der Waals surface area (Å²) < 4.78 is 0. The molecule has 2 N–H and O–H groups in total. The summed E-state index contributed by atoms with van der Waals surface area (Å²) >= 11 is 1.87. The molecule has 1 aromatic heterocycles. The number of aryl methyl sites for hydroxylation is 2. The lowest BCUT2D eigenvalue weighted by Crippen LogP contribution is -2.17. The Labute approximate surface area is 83.2 Å². The number of aromatic nitrogens is 1. The normalized spacial score (nSPS) is 18.3. The lowest BCUT2D eigenvalue weighted by atomic mass is 10.0. The second-order valence-electron chi connectivity index (χ2n) is 3.87. The Bertz CT molecular complexity index is 268. The van der Waals surface area contributed by atoms with Crippen LogP contribution in [0.3, 0.4) is 0 Å². The van der Waals surface area contributed by atoms with Crippen LogP contribution in [0.5, 0.6) is 0 Å². The van der Waals surface area contributed by atoms with Crippen molar-refractivity contribution in [2.75, 3.05) is 0 Å². The van der Waals surface area contributed by atoms with E-state index in [9.17, 15) is 0 Å². The molecule has 13 heavy (non-hydrogen) atoms. The van der Waals surface area contributed by atoms with Crippen molar-refractivity contribution < 1.29 is 0 Å². The first-order valence-electron chi connectivity index (χ1n) is 4.99. The summed E-state index contributed by atoms with van der Waals surface area (Å²) in [6.07, 6.45) is 6.02. The molecule has 2 nitrogen and oxygen atoms in total. The molecule has 0 radical (unpaired) electrons. The number of nitrogens with two attached hydrogens (primary N) is 1. The van der Waals surface area contributed by atoms with Crippen LogP contribution in [0.1, 0.15) is 35.3 Å². The largest absolute Gasteiger partial charge is 0.328 e. The number of hydrogen-bond acceptors (Lipinski definition) is 3. The van der Waals surface area contributed by atoms with Crippen molar-refractivity contribution in [3.8, 4) is 0 Å². The molecule has 0 bridgehead atoms. The van der Waals surface area contributed by atoms with Gasteiger partial charge in [0.25, 0.3) is 0 Å². The summed E-state index contributed by atoms with van der Waals surface area (Å²) in [5.74, 6) is 0. The van der Waals surface area contributed by atoms with Crippen LogP contribution in [0.4, 0.5) is 0 Å². The third-order valence-electron chi connectivity index (χ3n) is 2.39. The molecule has 3 heteroatoms. The molecule has 72 valence electrons. The van der Waals surface area contributed by atoms with Crippen molar-refractivity contribution in [3.63, 3.8) is 0 Å². The van der Waals surface area contributed by atoms with E-state index in [1.54, 1.807) is 0 Å². The molecular weight excluding hydrogens is 180 g/mol. The molecule has 1 aliphatic carbocycles. The van der Waals surface area contributed by atoms with E-state index in [1.807, 2.05) is 18.3 Å². The quantitative estimate of drug-likeness (QED) is 0.784. The molecule has 2 rings (SSSR count). The number of rotatable bonds is 2. The summed E-state index contributed by atoms with van der Waals surface area (Å²) in [4.78, 5) is 6.15. The highest BCUT2D eigenvalue weighted by atomic mass is 32.1. The summed E-state index contributed by atoms with van der Waals surface area (Å²) in [5, 5.41) is 1.24. The lowest BCUT2D eigenvalue weighted by molar-refractivity contribution is 0.676. The Morgan fingerprint density at radius 3 is 2.92 bits per heavy atom. The molecule has 0 fully saturated rings. The average Bonchev–Trinajstić information content (AvgIpc) is 2.44. The van der Waals surface area contributed by atoms with Gasteiger partial charge in [-0.3, -0.25) is 0 Å². The van der Waals surface area contributed by atoms with Crippen LogP contribution in [-0.2, 0) is 19.3 Å². The molecule has 0 aromatic carbocycles. The molecule has 0 spiro atoms. The van der Waals surface area contributed by atoms with Crippen molar-refractivity contribution in [1.29, 1.82) is 0 Å². The topological polar surface area (TPSA) is 38.9 Å². The summed E-state index contributed by atoms with van der Waals surface area (Å²) in [7, 11) is 0. The summed E-state index contributed by atoms with van der Waals surface area (Å²) in [5.41, 5.74) is 7.10. The zero-order chi connectivity index (χ0) is 9.26. The van der Waals surface area contributed by atoms with Gasteiger partial charge >= 0.3 is 0 Å². The predicted molar refractivity (Wildman–Crippen MR) is 56.1 cm³/mol. The Morgan fingerprint density at radius 1 is 1.46 bits per heavy atom. The molecule has 0 amide bonds. The third-order valence-corrected chi connectivity index (χ3v) is 3.57. The van der Waals surface area contributed by atoms with Gasteiger partial charge in [-0.05, 0) is 32.6 Å². The minimum Gasteiger partial charge on any atom is -0.328 e. The van der Waals surface area contributed by atoms with Gasteiger partial charge in [0.2, 0.25) is 0 Å². The van der Waals surface area contributed by atoms with E-state index in [0.717, 1.165) is 6.42 Å². The standard InChI is InChI=1S/C10H16N2S/c1-7(11)6-10-12-8-4-2-3-5-9(8)13-10/h7H,2-6,11H2,1H3. The SMILES string of the molecule is CC(N)Cc1nc2c(s1)CCCC2. The number of nitrogens with zero attached hydrogens (tertiary/aromatic N) is 1. The van der Waals surface area contributed by atoms with Gasteiger partial charge < -0.3 is 5.73 Å². The third kappa shape index (κ3) is 2.09. The number of thiazole rings is 1. The van der Waals surface area contributed by atoms with Crippen LogP contribution in [0.2, 0.25) is 0 Å². The van der Waals surface area contributed by atoms with E-state index in [0.29, 0.717) is 0 Å².